The van der Waals surface area contributed by atoms with Crippen molar-refractivity contribution in [1.82, 2.24) is 0 Å². The van der Waals surface area contributed by atoms with Crippen LogP contribution in [0, 0.1) is 6.92 Å². The quantitative estimate of drug-likeness (QED) is 0.779. The second kappa shape index (κ2) is 4.62. The fourth-order valence-corrected chi connectivity index (χ4v) is 1.67. The summed E-state index contributed by atoms with van der Waals surface area (Å²) in [5.41, 5.74) is 2.85. The van der Waals surface area contributed by atoms with Gasteiger partial charge in [0.2, 0.25) is 0 Å². The Morgan fingerprint density at radius 2 is 1.75 bits per heavy atom. The van der Waals surface area contributed by atoms with E-state index in [4.69, 9.17) is 4.74 Å². The SMILES string of the molecule is Cc1cccc(-c2ccccc2)c1O[C]=O. The summed E-state index contributed by atoms with van der Waals surface area (Å²) in [7, 11) is 0. The van der Waals surface area contributed by atoms with E-state index in [0.29, 0.717) is 5.75 Å². The lowest BCUT2D eigenvalue weighted by atomic mass is 10.0. The van der Waals surface area contributed by atoms with E-state index in [1.807, 2.05) is 55.5 Å². The van der Waals surface area contributed by atoms with E-state index >= 15 is 0 Å². The van der Waals surface area contributed by atoms with Gasteiger partial charge in [0.15, 0.2) is 0 Å². The molecular formula is C14H11O2. The summed E-state index contributed by atoms with van der Waals surface area (Å²) in [6.45, 7) is 3.39. The standard InChI is InChI=1S/C14H11O2/c1-11-6-5-9-13(14(11)16-10-15)12-7-3-2-4-8-12/h2-9H,1H3. The first-order chi connectivity index (χ1) is 7.83. The predicted molar refractivity (Wildman–Crippen MR) is 62.9 cm³/mol. The Labute approximate surface area is 94.5 Å². The lowest BCUT2D eigenvalue weighted by molar-refractivity contribution is 0.442. The number of benzene rings is 2. The molecule has 16 heavy (non-hydrogen) atoms. The second-order valence-corrected chi connectivity index (χ2v) is 3.50. The maximum absolute atomic E-state index is 10.4. The van der Waals surface area contributed by atoms with Crippen molar-refractivity contribution >= 4 is 6.47 Å². The minimum atomic E-state index is 0.573. The molecule has 0 spiro atoms. The molecule has 1 radical (unpaired) electrons. The molecule has 0 aliphatic carbocycles. The van der Waals surface area contributed by atoms with Crippen LogP contribution in [0.15, 0.2) is 48.5 Å². The molecule has 2 heteroatoms. The van der Waals surface area contributed by atoms with E-state index in [1.165, 1.54) is 6.47 Å². The van der Waals surface area contributed by atoms with Gasteiger partial charge in [-0.15, -0.1) is 0 Å². The Balaban J connectivity index is 2.56. The third-order valence-corrected chi connectivity index (χ3v) is 2.44. The summed E-state index contributed by atoms with van der Waals surface area (Å²) >= 11 is 0. The summed E-state index contributed by atoms with van der Waals surface area (Å²) in [5.74, 6) is 0.573. The Morgan fingerprint density at radius 3 is 2.44 bits per heavy atom. The van der Waals surface area contributed by atoms with Gasteiger partial charge in [0.25, 0.3) is 0 Å². The summed E-state index contributed by atoms with van der Waals surface area (Å²) in [4.78, 5) is 10.4. The molecule has 0 atom stereocenters. The van der Waals surface area contributed by atoms with E-state index < -0.39 is 0 Å². The lowest BCUT2D eigenvalue weighted by Crippen LogP contribution is -1.94. The molecule has 0 heterocycles. The van der Waals surface area contributed by atoms with Crippen LogP contribution >= 0.6 is 0 Å². The highest BCUT2D eigenvalue weighted by Gasteiger charge is 2.08. The Bertz CT molecular complexity index is 489. The van der Waals surface area contributed by atoms with Crippen molar-refractivity contribution in [3.63, 3.8) is 0 Å². The van der Waals surface area contributed by atoms with Crippen LogP contribution in [0.25, 0.3) is 11.1 Å². The molecule has 2 nitrogen and oxygen atoms in total. The first kappa shape index (κ1) is 10.4. The van der Waals surface area contributed by atoms with Crippen LogP contribution < -0.4 is 4.74 Å². The molecular weight excluding hydrogens is 200 g/mol. The highest BCUT2D eigenvalue weighted by atomic mass is 16.5. The van der Waals surface area contributed by atoms with Gasteiger partial charge in [-0.25, -0.2) is 4.79 Å². The summed E-state index contributed by atoms with van der Waals surface area (Å²) in [6, 6.07) is 15.6. The average Bonchev–Trinajstić information content (AvgIpc) is 2.33. The molecule has 0 saturated carbocycles. The van der Waals surface area contributed by atoms with Crippen LogP contribution in [0.1, 0.15) is 5.56 Å². The highest BCUT2D eigenvalue weighted by molar-refractivity contribution is 5.73. The third kappa shape index (κ3) is 1.96. The van der Waals surface area contributed by atoms with Crippen molar-refractivity contribution < 1.29 is 9.53 Å². The van der Waals surface area contributed by atoms with Crippen LogP contribution in [-0.2, 0) is 4.79 Å². The molecule has 0 unspecified atom stereocenters. The highest BCUT2D eigenvalue weighted by Crippen LogP contribution is 2.32. The predicted octanol–water partition coefficient (Wildman–Crippen LogP) is 3.11. The van der Waals surface area contributed by atoms with Crippen LogP contribution in [-0.4, -0.2) is 6.47 Å². The Morgan fingerprint density at radius 1 is 1.00 bits per heavy atom. The molecule has 79 valence electrons. The zero-order chi connectivity index (χ0) is 11.4. The van der Waals surface area contributed by atoms with Gasteiger partial charge in [0, 0.05) is 5.56 Å². The molecule has 0 amide bonds. The molecule has 0 aliphatic rings. The van der Waals surface area contributed by atoms with E-state index in [1.54, 1.807) is 0 Å². The third-order valence-electron chi connectivity index (χ3n) is 2.44. The monoisotopic (exact) mass is 211 g/mol. The van der Waals surface area contributed by atoms with Gasteiger partial charge in [0.1, 0.15) is 5.75 Å². The first-order valence-electron chi connectivity index (χ1n) is 5.02. The first-order valence-corrected chi connectivity index (χ1v) is 5.02. The fourth-order valence-electron chi connectivity index (χ4n) is 1.67. The van der Waals surface area contributed by atoms with Gasteiger partial charge >= 0.3 is 6.47 Å². The number of carbonyl (C=O) groups excluding carboxylic acids is 1. The minimum Gasteiger partial charge on any atom is -0.417 e. The van der Waals surface area contributed by atoms with Crippen LogP contribution in [0.5, 0.6) is 5.75 Å². The molecule has 0 saturated heterocycles. The van der Waals surface area contributed by atoms with E-state index in [2.05, 4.69) is 0 Å². The molecule has 2 aromatic carbocycles. The van der Waals surface area contributed by atoms with Crippen LogP contribution in [0.3, 0.4) is 0 Å². The molecule has 0 aliphatic heterocycles. The molecule has 0 N–H and O–H groups in total. The zero-order valence-corrected chi connectivity index (χ0v) is 8.94. The van der Waals surface area contributed by atoms with Gasteiger partial charge in [-0.05, 0) is 18.1 Å². The Kier molecular flexibility index (Phi) is 3.01. The van der Waals surface area contributed by atoms with Gasteiger partial charge in [-0.3, -0.25) is 0 Å². The molecule has 0 bridgehead atoms. The largest absolute Gasteiger partial charge is 0.423 e. The number of ether oxygens (including phenoxy) is 1. The normalized spacial score (nSPS) is 9.81. The van der Waals surface area contributed by atoms with Crippen molar-refractivity contribution in [3.05, 3.63) is 54.1 Å². The second-order valence-electron chi connectivity index (χ2n) is 3.50. The van der Waals surface area contributed by atoms with Crippen LogP contribution in [0.4, 0.5) is 0 Å². The summed E-state index contributed by atoms with van der Waals surface area (Å²) in [6.07, 6.45) is 0. The Hall–Kier alpha value is -2.09. The van der Waals surface area contributed by atoms with E-state index in [-0.39, 0.29) is 0 Å². The number of rotatable bonds is 3. The molecule has 0 fully saturated rings. The van der Waals surface area contributed by atoms with Crippen molar-refractivity contribution in [2.75, 3.05) is 0 Å². The average molecular weight is 211 g/mol. The summed E-state index contributed by atoms with van der Waals surface area (Å²) < 4.78 is 4.92. The number of hydrogen-bond acceptors (Lipinski definition) is 2. The maximum atomic E-state index is 10.4. The fraction of sp³-hybridized carbons (Fsp3) is 0.0714. The number of aryl methyl sites for hydroxylation is 1. The number of para-hydroxylation sites is 1. The van der Waals surface area contributed by atoms with Crippen molar-refractivity contribution in [2.24, 2.45) is 0 Å². The lowest BCUT2D eigenvalue weighted by Gasteiger charge is -2.09. The summed E-state index contributed by atoms with van der Waals surface area (Å²) in [5, 5.41) is 0. The molecule has 2 aromatic rings. The molecule has 0 aromatic heterocycles. The minimum absolute atomic E-state index is 0.573. The van der Waals surface area contributed by atoms with Gasteiger partial charge in [0.05, 0.1) is 0 Å². The number of hydrogen-bond donors (Lipinski definition) is 0. The molecule has 2 rings (SSSR count). The van der Waals surface area contributed by atoms with Crippen molar-refractivity contribution in [3.8, 4) is 16.9 Å². The van der Waals surface area contributed by atoms with Crippen LogP contribution in [0.2, 0.25) is 0 Å². The smallest absolute Gasteiger partial charge is 0.417 e. The zero-order valence-electron chi connectivity index (χ0n) is 8.94. The van der Waals surface area contributed by atoms with Gasteiger partial charge in [-0.2, -0.15) is 0 Å². The van der Waals surface area contributed by atoms with Crippen molar-refractivity contribution in [2.45, 2.75) is 6.92 Å². The maximum Gasteiger partial charge on any atom is 0.423 e. The topological polar surface area (TPSA) is 26.3 Å². The van der Waals surface area contributed by atoms with Gasteiger partial charge < -0.3 is 4.74 Å². The van der Waals surface area contributed by atoms with E-state index in [9.17, 15) is 4.79 Å². The van der Waals surface area contributed by atoms with Gasteiger partial charge in [-0.1, -0.05) is 48.5 Å². The van der Waals surface area contributed by atoms with E-state index in [0.717, 1.165) is 16.7 Å². The van der Waals surface area contributed by atoms with Crippen molar-refractivity contribution in [1.29, 1.82) is 0 Å².